The maximum absolute atomic E-state index is 12.7. The van der Waals surface area contributed by atoms with E-state index in [2.05, 4.69) is 25.5 Å². The SMILES string of the molecule is CN=C(NCc1sc(C)nc1C)NC1CCN(C(=O)C2CCCCC2)C1.I. The lowest BCUT2D eigenvalue weighted by molar-refractivity contribution is -0.135. The summed E-state index contributed by atoms with van der Waals surface area (Å²) in [5.74, 6) is 1.43. The molecule has 1 aliphatic heterocycles. The highest BCUT2D eigenvalue weighted by molar-refractivity contribution is 14.0. The molecule has 1 saturated carbocycles. The van der Waals surface area contributed by atoms with E-state index in [9.17, 15) is 4.79 Å². The van der Waals surface area contributed by atoms with Gasteiger partial charge < -0.3 is 15.5 Å². The maximum Gasteiger partial charge on any atom is 0.225 e. The highest BCUT2D eigenvalue weighted by Crippen LogP contribution is 2.26. The van der Waals surface area contributed by atoms with Crippen LogP contribution in [0.2, 0.25) is 0 Å². The van der Waals surface area contributed by atoms with E-state index in [4.69, 9.17) is 0 Å². The van der Waals surface area contributed by atoms with Crippen molar-refractivity contribution < 1.29 is 4.79 Å². The topological polar surface area (TPSA) is 69.6 Å². The molecular weight excluding hydrogens is 473 g/mol. The summed E-state index contributed by atoms with van der Waals surface area (Å²) in [4.78, 5) is 24.8. The Hall–Kier alpha value is -0.900. The number of aliphatic imine (C=N–C) groups is 1. The van der Waals surface area contributed by atoms with E-state index in [1.807, 2.05) is 13.8 Å². The Balaban J connectivity index is 0.00000261. The van der Waals surface area contributed by atoms with Gasteiger partial charge in [0.25, 0.3) is 0 Å². The third-order valence-electron chi connectivity index (χ3n) is 5.43. The summed E-state index contributed by atoms with van der Waals surface area (Å²) in [7, 11) is 1.79. The van der Waals surface area contributed by atoms with Gasteiger partial charge in [-0.05, 0) is 33.1 Å². The van der Waals surface area contributed by atoms with Crippen molar-refractivity contribution in [3.8, 4) is 0 Å². The molecule has 8 heteroatoms. The molecular formula is C19H32IN5OS. The molecule has 1 amide bonds. The number of halogens is 1. The second-order valence-corrected chi connectivity index (χ2v) is 8.70. The van der Waals surface area contributed by atoms with Gasteiger partial charge >= 0.3 is 0 Å². The molecule has 0 aromatic carbocycles. The fourth-order valence-electron chi connectivity index (χ4n) is 3.98. The number of amides is 1. The van der Waals surface area contributed by atoms with Crippen molar-refractivity contribution in [2.24, 2.45) is 10.9 Å². The van der Waals surface area contributed by atoms with Crippen LogP contribution in [0.3, 0.4) is 0 Å². The minimum atomic E-state index is 0. The van der Waals surface area contributed by atoms with Gasteiger partial charge in [-0.2, -0.15) is 0 Å². The van der Waals surface area contributed by atoms with Gasteiger partial charge in [-0.15, -0.1) is 35.3 Å². The first-order valence-corrected chi connectivity index (χ1v) is 10.6. The number of carbonyl (C=O) groups excluding carboxylic acids is 1. The van der Waals surface area contributed by atoms with E-state index in [1.165, 1.54) is 24.1 Å². The van der Waals surface area contributed by atoms with Crippen LogP contribution in [-0.2, 0) is 11.3 Å². The Bertz CT molecular complexity index is 657. The van der Waals surface area contributed by atoms with Gasteiger partial charge in [-0.1, -0.05) is 19.3 Å². The number of thiazole rings is 1. The third kappa shape index (κ3) is 6.04. The molecule has 2 heterocycles. The van der Waals surface area contributed by atoms with E-state index >= 15 is 0 Å². The lowest BCUT2D eigenvalue weighted by Crippen LogP contribution is -2.45. The van der Waals surface area contributed by atoms with Crippen LogP contribution in [0.1, 0.15) is 54.1 Å². The van der Waals surface area contributed by atoms with E-state index in [1.54, 1.807) is 18.4 Å². The zero-order chi connectivity index (χ0) is 18.5. The molecule has 2 aliphatic rings. The number of rotatable bonds is 4. The standard InChI is InChI=1S/C19H31N5OS.HI/c1-13-17(26-14(2)22-13)11-21-19(20-3)23-16-9-10-24(12-16)18(25)15-7-5-4-6-8-15;/h15-16H,4-12H2,1-3H3,(H2,20,21,23);1H. The number of aromatic nitrogens is 1. The van der Waals surface area contributed by atoms with Crippen molar-refractivity contribution in [2.45, 2.75) is 65.0 Å². The quantitative estimate of drug-likeness (QED) is 0.375. The molecule has 27 heavy (non-hydrogen) atoms. The summed E-state index contributed by atoms with van der Waals surface area (Å²) in [5.41, 5.74) is 1.08. The molecule has 0 spiro atoms. The molecule has 1 aromatic heterocycles. The number of nitrogens with zero attached hydrogens (tertiary/aromatic N) is 3. The molecule has 1 atom stereocenters. The second kappa shape index (κ2) is 10.6. The van der Waals surface area contributed by atoms with Gasteiger partial charge in [0.15, 0.2) is 5.96 Å². The average Bonchev–Trinajstić information content (AvgIpc) is 3.24. The number of hydrogen-bond donors (Lipinski definition) is 2. The molecule has 152 valence electrons. The van der Waals surface area contributed by atoms with Crippen molar-refractivity contribution >= 4 is 47.2 Å². The molecule has 1 saturated heterocycles. The number of nitrogens with one attached hydrogen (secondary N) is 2. The minimum Gasteiger partial charge on any atom is -0.352 e. The zero-order valence-electron chi connectivity index (χ0n) is 16.6. The highest BCUT2D eigenvalue weighted by atomic mass is 127. The van der Waals surface area contributed by atoms with Crippen molar-refractivity contribution in [1.29, 1.82) is 0 Å². The largest absolute Gasteiger partial charge is 0.352 e. The molecule has 2 fully saturated rings. The van der Waals surface area contributed by atoms with E-state index < -0.39 is 0 Å². The first kappa shape index (κ1) is 22.4. The maximum atomic E-state index is 12.7. The van der Waals surface area contributed by atoms with Crippen LogP contribution in [0.5, 0.6) is 0 Å². The summed E-state index contributed by atoms with van der Waals surface area (Å²) in [6.07, 6.45) is 6.83. The Morgan fingerprint density at radius 3 is 2.63 bits per heavy atom. The van der Waals surface area contributed by atoms with Crippen LogP contribution in [0.4, 0.5) is 0 Å². The smallest absolute Gasteiger partial charge is 0.225 e. The average molecular weight is 505 g/mol. The summed E-state index contributed by atoms with van der Waals surface area (Å²) in [5, 5.41) is 7.95. The number of aryl methyl sites for hydroxylation is 2. The monoisotopic (exact) mass is 505 g/mol. The summed E-state index contributed by atoms with van der Waals surface area (Å²) in [6, 6.07) is 0.276. The molecule has 6 nitrogen and oxygen atoms in total. The molecule has 1 unspecified atom stereocenters. The fraction of sp³-hybridized carbons (Fsp3) is 0.737. The molecule has 2 N–H and O–H groups in total. The van der Waals surface area contributed by atoms with Crippen LogP contribution in [0, 0.1) is 19.8 Å². The zero-order valence-corrected chi connectivity index (χ0v) is 19.7. The Morgan fingerprint density at radius 2 is 2.00 bits per heavy atom. The lowest BCUT2D eigenvalue weighted by atomic mass is 9.88. The first-order chi connectivity index (χ1) is 12.6. The lowest BCUT2D eigenvalue weighted by Gasteiger charge is -2.26. The Labute approximate surface area is 183 Å². The van der Waals surface area contributed by atoms with Crippen LogP contribution in [0.25, 0.3) is 0 Å². The van der Waals surface area contributed by atoms with Gasteiger partial charge in [-0.25, -0.2) is 4.98 Å². The molecule has 1 aromatic rings. The minimum absolute atomic E-state index is 0. The fourth-order valence-corrected chi connectivity index (χ4v) is 4.85. The normalized spacial score (nSPS) is 21.1. The van der Waals surface area contributed by atoms with Crippen LogP contribution >= 0.6 is 35.3 Å². The molecule has 3 rings (SSSR count). The Kier molecular flexibility index (Phi) is 8.78. The number of carbonyl (C=O) groups is 1. The highest BCUT2D eigenvalue weighted by Gasteiger charge is 2.31. The predicted molar refractivity (Wildman–Crippen MR) is 122 cm³/mol. The van der Waals surface area contributed by atoms with Crippen molar-refractivity contribution in [3.05, 3.63) is 15.6 Å². The van der Waals surface area contributed by atoms with E-state index in [0.29, 0.717) is 5.91 Å². The van der Waals surface area contributed by atoms with Crippen molar-refractivity contribution in [3.63, 3.8) is 0 Å². The number of likely N-dealkylation sites (tertiary alicyclic amines) is 1. The van der Waals surface area contributed by atoms with Gasteiger partial charge in [0.2, 0.25) is 5.91 Å². The molecule has 0 radical (unpaired) electrons. The summed E-state index contributed by atoms with van der Waals surface area (Å²) >= 11 is 1.72. The van der Waals surface area contributed by atoms with E-state index in [-0.39, 0.29) is 35.9 Å². The molecule has 1 aliphatic carbocycles. The summed E-state index contributed by atoms with van der Waals surface area (Å²) < 4.78 is 0. The van der Waals surface area contributed by atoms with Crippen molar-refractivity contribution in [1.82, 2.24) is 20.5 Å². The van der Waals surface area contributed by atoms with Crippen LogP contribution in [-0.4, -0.2) is 47.9 Å². The van der Waals surface area contributed by atoms with Crippen molar-refractivity contribution in [2.75, 3.05) is 20.1 Å². The molecule has 0 bridgehead atoms. The third-order valence-corrected chi connectivity index (χ3v) is 6.51. The van der Waals surface area contributed by atoms with Gasteiger partial charge in [0.05, 0.1) is 17.2 Å². The van der Waals surface area contributed by atoms with Gasteiger partial charge in [0.1, 0.15) is 0 Å². The number of guanidine groups is 1. The predicted octanol–water partition coefficient (Wildman–Crippen LogP) is 3.22. The van der Waals surface area contributed by atoms with Crippen LogP contribution < -0.4 is 10.6 Å². The number of hydrogen-bond acceptors (Lipinski definition) is 4. The van der Waals surface area contributed by atoms with E-state index in [0.717, 1.165) is 55.6 Å². The Morgan fingerprint density at radius 1 is 1.26 bits per heavy atom. The van der Waals surface area contributed by atoms with Crippen LogP contribution in [0.15, 0.2) is 4.99 Å². The van der Waals surface area contributed by atoms with Gasteiger partial charge in [0, 0.05) is 37.0 Å². The summed E-state index contributed by atoms with van der Waals surface area (Å²) in [6.45, 7) is 6.45. The second-order valence-electron chi connectivity index (χ2n) is 7.42. The van der Waals surface area contributed by atoms with Gasteiger partial charge in [-0.3, -0.25) is 9.79 Å². The first-order valence-electron chi connectivity index (χ1n) is 9.75.